The number of amides is 3. The lowest BCUT2D eigenvalue weighted by atomic mass is 9.98. The Bertz CT molecular complexity index is 2820. The number of halogens is 2. The lowest BCUT2D eigenvalue weighted by Crippen LogP contribution is -2.29. The van der Waals surface area contributed by atoms with Crippen molar-refractivity contribution in [2.24, 2.45) is 0 Å². The maximum Gasteiger partial charge on any atom is 0.317 e. The molecule has 14 heteroatoms. The molecule has 0 aromatic heterocycles. The monoisotopic (exact) mass is 842 g/mol. The standard InChI is InChI=1S/C48H40F2N2O10/c1-5-58-42-34-23-28(49)13-19-32(34)43(59-6-2)39-36(42)25-51(46(39)55)30-15-9-26(10-16-30)21-37(53)62-38(54)22-27-11-17-31(18-12-27)52-47(56)40-41(48(52)57)45(61-8-4)35-24-29(50)14-20-33(35)44(40)60-7-3/h9-20,23-24H,5-8,21-22,25H2,1-4H3. The van der Waals surface area contributed by atoms with Crippen LogP contribution in [0.1, 0.15) is 75.5 Å². The summed E-state index contributed by atoms with van der Waals surface area (Å²) in [5.74, 6) is -3.24. The lowest BCUT2D eigenvalue weighted by molar-refractivity contribution is -0.158. The van der Waals surface area contributed by atoms with Crippen LogP contribution >= 0.6 is 0 Å². The third-order valence-corrected chi connectivity index (χ3v) is 10.6. The maximum absolute atomic E-state index is 14.4. The molecule has 0 aliphatic carbocycles. The fraction of sp³-hybridized carbons (Fsp3) is 0.229. The molecule has 0 saturated heterocycles. The fourth-order valence-corrected chi connectivity index (χ4v) is 8.04. The SMILES string of the molecule is CCOc1c2c(c(OCC)c3ccc(F)cc13)C(=O)N(c1ccc(CC(=O)OC(=O)Cc3ccc(N4C(=O)c5c(c(OCC)c6cc(F)ccc6c5OCC)C4=O)cc3)cc1)C2. The second kappa shape index (κ2) is 17.0. The Labute approximate surface area is 354 Å². The largest absolute Gasteiger partial charge is 0.493 e. The van der Waals surface area contributed by atoms with Crippen molar-refractivity contribution in [2.75, 3.05) is 36.2 Å². The summed E-state index contributed by atoms with van der Waals surface area (Å²) in [6.45, 7) is 8.13. The molecule has 12 nitrogen and oxygen atoms in total. The minimum atomic E-state index is -0.815. The summed E-state index contributed by atoms with van der Waals surface area (Å²) in [4.78, 5) is 70.0. The number of imide groups is 1. The molecule has 6 aromatic rings. The number of hydrogen-bond donors (Lipinski definition) is 0. The number of rotatable bonds is 14. The molecule has 8 rings (SSSR count). The van der Waals surface area contributed by atoms with Crippen LogP contribution in [0, 0.1) is 11.6 Å². The van der Waals surface area contributed by atoms with Crippen LogP contribution in [-0.2, 0) is 33.7 Å². The van der Waals surface area contributed by atoms with Crippen molar-refractivity contribution in [1.29, 1.82) is 0 Å². The molecule has 3 amide bonds. The smallest absolute Gasteiger partial charge is 0.317 e. The summed E-state index contributed by atoms with van der Waals surface area (Å²) in [5.41, 5.74) is 2.64. The second-order valence-corrected chi connectivity index (χ2v) is 14.4. The molecular weight excluding hydrogens is 803 g/mol. The number of carbonyl (C=O) groups excluding carboxylic acids is 5. The number of esters is 2. The number of fused-ring (bicyclic) bond motifs is 4. The van der Waals surface area contributed by atoms with Crippen molar-refractivity contribution in [3.8, 4) is 23.0 Å². The summed E-state index contributed by atoms with van der Waals surface area (Å²) in [6, 6.07) is 21.0. The molecule has 0 atom stereocenters. The molecule has 62 heavy (non-hydrogen) atoms. The van der Waals surface area contributed by atoms with Crippen molar-refractivity contribution in [2.45, 2.75) is 47.1 Å². The molecule has 316 valence electrons. The zero-order chi connectivity index (χ0) is 43.8. The summed E-state index contributed by atoms with van der Waals surface area (Å²) >= 11 is 0. The Balaban J connectivity index is 0.932. The van der Waals surface area contributed by atoms with Gasteiger partial charge in [0.25, 0.3) is 17.7 Å². The summed E-state index contributed by atoms with van der Waals surface area (Å²) in [5, 5.41) is 1.79. The van der Waals surface area contributed by atoms with Crippen molar-refractivity contribution in [3.63, 3.8) is 0 Å². The molecule has 2 heterocycles. The van der Waals surface area contributed by atoms with E-state index in [0.717, 1.165) is 4.90 Å². The van der Waals surface area contributed by atoms with Crippen LogP contribution in [0.3, 0.4) is 0 Å². The Morgan fingerprint density at radius 2 is 0.935 bits per heavy atom. The van der Waals surface area contributed by atoms with Crippen LogP contribution in [0.2, 0.25) is 0 Å². The molecule has 6 aromatic carbocycles. The van der Waals surface area contributed by atoms with Crippen LogP contribution in [0.4, 0.5) is 20.2 Å². The van der Waals surface area contributed by atoms with Crippen LogP contribution in [0.25, 0.3) is 21.5 Å². The average Bonchev–Trinajstić information content (AvgIpc) is 3.72. The number of nitrogens with zero attached hydrogens (tertiary/aromatic N) is 2. The van der Waals surface area contributed by atoms with E-state index in [9.17, 15) is 32.8 Å². The fourth-order valence-electron chi connectivity index (χ4n) is 8.04. The van der Waals surface area contributed by atoms with Gasteiger partial charge in [-0.15, -0.1) is 0 Å². The first-order valence-electron chi connectivity index (χ1n) is 20.2. The minimum absolute atomic E-state index is 0.00936. The normalized spacial score (nSPS) is 13.2. The number of carbonyl (C=O) groups is 5. The van der Waals surface area contributed by atoms with Gasteiger partial charge in [-0.05, 0) is 99.5 Å². The van der Waals surface area contributed by atoms with Crippen LogP contribution in [-0.4, -0.2) is 56.1 Å². The topological polar surface area (TPSA) is 138 Å². The highest BCUT2D eigenvalue weighted by Crippen LogP contribution is 2.48. The van der Waals surface area contributed by atoms with Crippen LogP contribution < -0.4 is 28.7 Å². The van der Waals surface area contributed by atoms with E-state index in [1.54, 1.807) is 56.0 Å². The summed E-state index contributed by atoms with van der Waals surface area (Å²) in [6.07, 6.45) is -0.506. The van der Waals surface area contributed by atoms with Crippen molar-refractivity contribution < 1.29 is 56.4 Å². The Hall–Kier alpha value is -7.35. The number of hydrogen-bond acceptors (Lipinski definition) is 10. The zero-order valence-corrected chi connectivity index (χ0v) is 34.3. The Morgan fingerprint density at radius 1 is 0.516 bits per heavy atom. The Kier molecular flexibility index (Phi) is 11.3. The van der Waals surface area contributed by atoms with Gasteiger partial charge in [0.15, 0.2) is 0 Å². The van der Waals surface area contributed by atoms with Crippen LogP contribution in [0.5, 0.6) is 23.0 Å². The predicted molar refractivity (Wildman–Crippen MR) is 226 cm³/mol. The maximum atomic E-state index is 14.4. The first-order chi connectivity index (χ1) is 30.0. The van der Waals surface area contributed by atoms with E-state index >= 15 is 0 Å². The van der Waals surface area contributed by atoms with Gasteiger partial charge >= 0.3 is 11.9 Å². The van der Waals surface area contributed by atoms with Crippen molar-refractivity contribution >= 4 is 62.6 Å². The first-order valence-corrected chi connectivity index (χ1v) is 20.2. The van der Waals surface area contributed by atoms with Gasteiger partial charge < -0.3 is 28.6 Å². The highest BCUT2D eigenvalue weighted by molar-refractivity contribution is 6.38. The van der Waals surface area contributed by atoms with E-state index < -0.39 is 35.4 Å². The van der Waals surface area contributed by atoms with Gasteiger partial charge in [0.2, 0.25) is 0 Å². The predicted octanol–water partition coefficient (Wildman–Crippen LogP) is 8.68. The van der Waals surface area contributed by atoms with E-state index in [2.05, 4.69) is 0 Å². The summed E-state index contributed by atoms with van der Waals surface area (Å²) < 4.78 is 57.5. The molecule has 0 unspecified atom stereocenters. The number of anilines is 2. The lowest BCUT2D eigenvalue weighted by Gasteiger charge is -2.16. The first kappa shape index (κ1) is 41.4. The molecule has 2 aliphatic heterocycles. The van der Waals surface area contributed by atoms with E-state index in [4.69, 9.17) is 23.7 Å². The Morgan fingerprint density at radius 3 is 1.42 bits per heavy atom. The van der Waals surface area contributed by atoms with E-state index in [-0.39, 0.29) is 73.4 Å². The summed E-state index contributed by atoms with van der Waals surface area (Å²) in [7, 11) is 0. The molecule has 0 fully saturated rings. The number of benzene rings is 6. The van der Waals surface area contributed by atoms with Crippen molar-refractivity contribution in [3.05, 3.63) is 130 Å². The van der Waals surface area contributed by atoms with Gasteiger partial charge in [-0.25, -0.2) is 13.7 Å². The highest BCUT2D eigenvalue weighted by Gasteiger charge is 2.44. The second-order valence-electron chi connectivity index (χ2n) is 14.4. The van der Waals surface area contributed by atoms with E-state index in [0.29, 0.717) is 67.6 Å². The van der Waals surface area contributed by atoms with Gasteiger partial charge in [0.05, 0.1) is 68.2 Å². The van der Waals surface area contributed by atoms with Gasteiger partial charge in [-0.1, -0.05) is 24.3 Å². The van der Waals surface area contributed by atoms with Crippen molar-refractivity contribution in [1.82, 2.24) is 0 Å². The third kappa shape index (κ3) is 7.31. The van der Waals surface area contributed by atoms with Gasteiger partial charge in [0, 0.05) is 32.8 Å². The van der Waals surface area contributed by atoms with E-state index in [1.165, 1.54) is 54.6 Å². The van der Waals surface area contributed by atoms with Crippen LogP contribution in [0.15, 0.2) is 84.9 Å². The molecule has 0 N–H and O–H groups in total. The van der Waals surface area contributed by atoms with E-state index in [1.807, 2.05) is 6.92 Å². The molecule has 0 radical (unpaired) electrons. The van der Waals surface area contributed by atoms with Gasteiger partial charge in [0.1, 0.15) is 34.6 Å². The third-order valence-electron chi connectivity index (χ3n) is 10.6. The highest BCUT2D eigenvalue weighted by atomic mass is 19.1. The van der Waals surface area contributed by atoms with Gasteiger partial charge in [-0.2, -0.15) is 0 Å². The minimum Gasteiger partial charge on any atom is -0.493 e. The van der Waals surface area contributed by atoms with Gasteiger partial charge in [-0.3, -0.25) is 24.0 Å². The molecular formula is C48H40F2N2O10. The zero-order valence-electron chi connectivity index (χ0n) is 34.3. The quantitative estimate of drug-likeness (QED) is 0.0595. The molecule has 0 bridgehead atoms. The molecule has 0 saturated carbocycles. The number of ether oxygens (including phenoxy) is 5. The molecule has 2 aliphatic rings. The average molecular weight is 843 g/mol. The molecule has 0 spiro atoms.